The molecule has 2 heterocycles. The zero-order valence-electron chi connectivity index (χ0n) is 8.70. The zero-order chi connectivity index (χ0) is 10.9. The fraction of sp³-hybridized carbons (Fsp3) is 0.364. The van der Waals surface area contributed by atoms with Crippen LogP contribution in [0.15, 0.2) is 24.5 Å². The summed E-state index contributed by atoms with van der Waals surface area (Å²) >= 11 is 0. The highest BCUT2D eigenvalue weighted by molar-refractivity contribution is 5.75. The number of aromatic nitrogens is 2. The molecule has 0 amide bonds. The fourth-order valence-electron chi connectivity index (χ4n) is 1.62. The standard InChI is InChI=1S/C11H15N3O/c1-11(12,3-5-15)8-6-10-9(14-7-8)2-4-13-10/h2,4,6-7,13,15H,3,5,12H2,1H3/t11-/m1/s1. The Bertz CT molecular complexity index is 462. The van der Waals surface area contributed by atoms with Crippen LogP contribution < -0.4 is 5.73 Å². The smallest absolute Gasteiger partial charge is 0.0878 e. The minimum Gasteiger partial charge on any atom is -0.396 e. The van der Waals surface area contributed by atoms with Crippen LogP contribution in [0.3, 0.4) is 0 Å². The maximum Gasteiger partial charge on any atom is 0.0878 e. The van der Waals surface area contributed by atoms with E-state index in [9.17, 15) is 0 Å². The van der Waals surface area contributed by atoms with Crippen molar-refractivity contribution in [3.63, 3.8) is 0 Å². The number of fused-ring (bicyclic) bond motifs is 1. The lowest BCUT2D eigenvalue weighted by Crippen LogP contribution is -2.34. The molecular weight excluding hydrogens is 190 g/mol. The predicted molar refractivity (Wildman–Crippen MR) is 59.3 cm³/mol. The van der Waals surface area contributed by atoms with Crippen molar-refractivity contribution in [2.45, 2.75) is 18.9 Å². The second-order valence-corrected chi connectivity index (χ2v) is 4.03. The Morgan fingerprint density at radius 2 is 2.40 bits per heavy atom. The largest absolute Gasteiger partial charge is 0.396 e. The first kappa shape index (κ1) is 10.1. The van der Waals surface area contributed by atoms with Gasteiger partial charge in [0.1, 0.15) is 0 Å². The maximum absolute atomic E-state index is 8.93. The molecule has 1 atom stereocenters. The molecule has 2 aromatic rings. The molecule has 0 spiro atoms. The predicted octanol–water partition coefficient (Wildman–Crippen LogP) is 1.12. The van der Waals surface area contributed by atoms with Gasteiger partial charge in [-0.2, -0.15) is 0 Å². The average molecular weight is 205 g/mol. The second kappa shape index (κ2) is 3.64. The van der Waals surface area contributed by atoms with Gasteiger partial charge in [-0.3, -0.25) is 4.98 Å². The number of nitrogens with zero attached hydrogens (tertiary/aromatic N) is 1. The molecule has 0 aliphatic carbocycles. The van der Waals surface area contributed by atoms with Crippen LogP contribution in [-0.4, -0.2) is 21.7 Å². The van der Waals surface area contributed by atoms with Gasteiger partial charge in [0.05, 0.1) is 11.0 Å². The number of aliphatic hydroxyl groups is 1. The van der Waals surface area contributed by atoms with Gasteiger partial charge in [0, 0.05) is 24.5 Å². The van der Waals surface area contributed by atoms with Crippen molar-refractivity contribution in [2.75, 3.05) is 6.61 Å². The first-order valence-electron chi connectivity index (χ1n) is 4.97. The Morgan fingerprint density at radius 1 is 1.60 bits per heavy atom. The quantitative estimate of drug-likeness (QED) is 0.702. The summed E-state index contributed by atoms with van der Waals surface area (Å²) in [6.45, 7) is 1.98. The molecule has 4 N–H and O–H groups in total. The van der Waals surface area contributed by atoms with Gasteiger partial charge in [0.15, 0.2) is 0 Å². The summed E-state index contributed by atoms with van der Waals surface area (Å²) < 4.78 is 0. The molecule has 2 aromatic heterocycles. The van der Waals surface area contributed by atoms with Crippen molar-refractivity contribution >= 4 is 11.0 Å². The molecule has 2 rings (SSSR count). The molecule has 0 saturated carbocycles. The van der Waals surface area contributed by atoms with Gasteiger partial charge in [-0.25, -0.2) is 0 Å². The van der Waals surface area contributed by atoms with E-state index >= 15 is 0 Å². The lowest BCUT2D eigenvalue weighted by molar-refractivity contribution is 0.247. The number of hydrogen-bond donors (Lipinski definition) is 3. The molecule has 0 bridgehead atoms. The van der Waals surface area contributed by atoms with Gasteiger partial charge in [-0.15, -0.1) is 0 Å². The van der Waals surface area contributed by atoms with E-state index in [2.05, 4.69) is 9.97 Å². The van der Waals surface area contributed by atoms with E-state index in [1.807, 2.05) is 25.3 Å². The molecule has 0 radical (unpaired) electrons. The summed E-state index contributed by atoms with van der Waals surface area (Å²) in [5.41, 5.74) is 8.41. The monoisotopic (exact) mass is 205 g/mol. The van der Waals surface area contributed by atoms with Crippen molar-refractivity contribution in [1.29, 1.82) is 0 Å². The van der Waals surface area contributed by atoms with Crippen molar-refractivity contribution in [1.82, 2.24) is 9.97 Å². The van der Waals surface area contributed by atoms with Crippen LogP contribution in [0.2, 0.25) is 0 Å². The molecule has 15 heavy (non-hydrogen) atoms. The van der Waals surface area contributed by atoms with E-state index < -0.39 is 5.54 Å². The van der Waals surface area contributed by atoms with Crippen molar-refractivity contribution < 1.29 is 5.11 Å². The number of aliphatic hydroxyl groups excluding tert-OH is 1. The lowest BCUT2D eigenvalue weighted by Gasteiger charge is -2.23. The number of nitrogens with one attached hydrogen (secondary N) is 1. The van der Waals surface area contributed by atoms with Gasteiger partial charge in [-0.05, 0) is 31.0 Å². The van der Waals surface area contributed by atoms with Crippen LogP contribution in [0.1, 0.15) is 18.9 Å². The molecule has 4 nitrogen and oxygen atoms in total. The Kier molecular flexibility index (Phi) is 2.46. The molecular formula is C11H15N3O. The normalized spacial score (nSPS) is 15.4. The van der Waals surface area contributed by atoms with Crippen molar-refractivity contribution in [3.05, 3.63) is 30.1 Å². The summed E-state index contributed by atoms with van der Waals surface area (Å²) in [4.78, 5) is 7.39. The SMILES string of the molecule is C[C@@](N)(CCO)c1cnc2cc[nH]c2c1. The van der Waals surface area contributed by atoms with Gasteiger partial charge in [0.2, 0.25) is 0 Å². The van der Waals surface area contributed by atoms with Gasteiger partial charge in [-0.1, -0.05) is 0 Å². The Morgan fingerprint density at radius 3 is 3.13 bits per heavy atom. The minimum absolute atomic E-state index is 0.0791. The van der Waals surface area contributed by atoms with E-state index in [-0.39, 0.29) is 6.61 Å². The number of hydrogen-bond acceptors (Lipinski definition) is 3. The minimum atomic E-state index is -0.527. The van der Waals surface area contributed by atoms with Crippen molar-refractivity contribution in [3.8, 4) is 0 Å². The van der Waals surface area contributed by atoms with Crippen LogP contribution in [0, 0.1) is 0 Å². The number of pyridine rings is 1. The highest BCUT2D eigenvalue weighted by atomic mass is 16.3. The number of rotatable bonds is 3. The van der Waals surface area contributed by atoms with Crippen LogP contribution in [0.4, 0.5) is 0 Å². The summed E-state index contributed by atoms with van der Waals surface area (Å²) in [5, 5.41) is 8.93. The third-order valence-corrected chi connectivity index (χ3v) is 2.69. The van der Waals surface area contributed by atoms with E-state index in [0.717, 1.165) is 16.6 Å². The maximum atomic E-state index is 8.93. The molecule has 0 unspecified atom stereocenters. The van der Waals surface area contributed by atoms with Gasteiger partial charge in [0.25, 0.3) is 0 Å². The third kappa shape index (κ3) is 1.86. The average Bonchev–Trinajstić information content (AvgIpc) is 2.63. The Labute approximate surface area is 88.1 Å². The van der Waals surface area contributed by atoms with Crippen molar-refractivity contribution in [2.24, 2.45) is 5.73 Å². The molecule has 0 aromatic carbocycles. The van der Waals surface area contributed by atoms with E-state index in [1.165, 1.54) is 0 Å². The fourth-order valence-corrected chi connectivity index (χ4v) is 1.62. The molecule has 80 valence electrons. The highest BCUT2D eigenvalue weighted by Crippen LogP contribution is 2.23. The third-order valence-electron chi connectivity index (χ3n) is 2.69. The molecule has 0 aliphatic heterocycles. The van der Waals surface area contributed by atoms with E-state index in [4.69, 9.17) is 10.8 Å². The summed E-state index contributed by atoms with van der Waals surface area (Å²) in [5.74, 6) is 0. The van der Waals surface area contributed by atoms with Gasteiger partial charge >= 0.3 is 0 Å². The first-order valence-corrected chi connectivity index (χ1v) is 4.97. The Hall–Kier alpha value is -1.39. The molecule has 0 saturated heterocycles. The van der Waals surface area contributed by atoms with Crippen LogP contribution in [0.25, 0.3) is 11.0 Å². The Balaban J connectivity index is 2.42. The lowest BCUT2D eigenvalue weighted by atomic mass is 9.91. The molecule has 0 aliphatic rings. The first-order chi connectivity index (χ1) is 7.13. The molecule has 4 heteroatoms. The number of nitrogens with two attached hydrogens (primary N) is 1. The molecule has 0 fully saturated rings. The summed E-state index contributed by atoms with van der Waals surface area (Å²) in [6.07, 6.45) is 4.15. The van der Waals surface area contributed by atoms with E-state index in [0.29, 0.717) is 6.42 Å². The van der Waals surface area contributed by atoms with E-state index in [1.54, 1.807) is 6.20 Å². The number of aromatic amines is 1. The summed E-state index contributed by atoms with van der Waals surface area (Å²) in [7, 11) is 0. The second-order valence-electron chi connectivity index (χ2n) is 4.03. The highest BCUT2D eigenvalue weighted by Gasteiger charge is 2.21. The topological polar surface area (TPSA) is 74.9 Å². The summed E-state index contributed by atoms with van der Waals surface area (Å²) in [6, 6.07) is 3.90. The number of H-pyrrole nitrogens is 1. The van der Waals surface area contributed by atoms with Crippen LogP contribution in [0.5, 0.6) is 0 Å². The van der Waals surface area contributed by atoms with Gasteiger partial charge < -0.3 is 15.8 Å². The van der Waals surface area contributed by atoms with Crippen LogP contribution >= 0.6 is 0 Å². The zero-order valence-corrected chi connectivity index (χ0v) is 8.70. The van der Waals surface area contributed by atoms with Crippen LogP contribution in [-0.2, 0) is 5.54 Å².